The summed E-state index contributed by atoms with van der Waals surface area (Å²) >= 11 is 0. The molecular formula is C21H32N4O4S. The van der Waals surface area contributed by atoms with Gasteiger partial charge < -0.3 is 9.47 Å². The summed E-state index contributed by atoms with van der Waals surface area (Å²) in [5.74, 6) is 1.18. The fraction of sp³-hybridized carbons (Fsp3) is 0.762. The summed E-state index contributed by atoms with van der Waals surface area (Å²) in [6.45, 7) is 6.64. The van der Waals surface area contributed by atoms with Crippen molar-refractivity contribution in [3.05, 3.63) is 27.4 Å². The highest BCUT2D eigenvalue weighted by Gasteiger charge is 2.35. The summed E-state index contributed by atoms with van der Waals surface area (Å²) in [6.07, 6.45) is 4.92. The second-order valence-electron chi connectivity index (χ2n) is 8.80. The van der Waals surface area contributed by atoms with E-state index in [1.54, 1.807) is 6.92 Å². The van der Waals surface area contributed by atoms with Crippen molar-refractivity contribution in [1.82, 2.24) is 18.8 Å². The predicted octanol–water partition coefficient (Wildman–Crippen LogP) is 1.27. The Morgan fingerprint density at radius 2 is 1.83 bits per heavy atom. The van der Waals surface area contributed by atoms with Gasteiger partial charge in [-0.2, -0.15) is 4.98 Å². The molecule has 30 heavy (non-hydrogen) atoms. The Morgan fingerprint density at radius 3 is 2.53 bits per heavy atom. The van der Waals surface area contributed by atoms with Crippen LogP contribution in [-0.2, 0) is 27.8 Å². The fourth-order valence-electron chi connectivity index (χ4n) is 5.30. The van der Waals surface area contributed by atoms with Crippen molar-refractivity contribution in [2.75, 3.05) is 31.9 Å². The number of amides is 1. The van der Waals surface area contributed by atoms with Crippen LogP contribution < -0.4 is 5.56 Å². The summed E-state index contributed by atoms with van der Waals surface area (Å²) in [6, 6.07) is 0. The normalized spacial score (nSPS) is 23.5. The minimum atomic E-state index is -3.18. The molecule has 3 aliphatic heterocycles. The lowest BCUT2D eigenvalue weighted by Crippen LogP contribution is -2.47. The van der Waals surface area contributed by atoms with E-state index in [9.17, 15) is 18.0 Å². The van der Waals surface area contributed by atoms with Crippen molar-refractivity contribution in [3.63, 3.8) is 0 Å². The van der Waals surface area contributed by atoms with E-state index < -0.39 is 10.0 Å². The molecule has 2 saturated heterocycles. The van der Waals surface area contributed by atoms with Crippen LogP contribution in [0.4, 0.5) is 0 Å². The highest BCUT2D eigenvalue weighted by atomic mass is 32.2. The molecule has 9 heteroatoms. The molecule has 4 rings (SSSR count). The zero-order chi connectivity index (χ0) is 21.5. The number of sulfonamides is 1. The van der Waals surface area contributed by atoms with Crippen molar-refractivity contribution in [2.45, 2.75) is 64.8 Å². The monoisotopic (exact) mass is 436 g/mol. The number of hydrogen-bond acceptors (Lipinski definition) is 5. The molecule has 0 saturated carbocycles. The van der Waals surface area contributed by atoms with Crippen molar-refractivity contribution < 1.29 is 13.2 Å². The molecule has 166 valence electrons. The third kappa shape index (κ3) is 3.93. The molecule has 4 heterocycles. The minimum Gasteiger partial charge on any atom is -0.342 e. The van der Waals surface area contributed by atoms with E-state index in [4.69, 9.17) is 0 Å². The Bertz CT molecular complexity index is 979. The summed E-state index contributed by atoms with van der Waals surface area (Å²) in [4.78, 5) is 31.8. The number of carbonyl (C=O) groups is 1. The first-order chi connectivity index (χ1) is 14.3. The molecule has 0 aliphatic carbocycles. The van der Waals surface area contributed by atoms with Gasteiger partial charge in [-0.25, -0.2) is 12.7 Å². The van der Waals surface area contributed by atoms with Crippen LogP contribution in [0.15, 0.2) is 4.79 Å². The minimum absolute atomic E-state index is 0.106. The van der Waals surface area contributed by atoms with E-state index in [-0.39, 0.29) is 29.1 Å². The van der Waals surface area contributed by atoms with E-state index in [2.05, 4.69) is 9.55 Å². The van der Waals surface area contributed by atoms with Crippen LogP contribution in [0.2, 0.25) is 0 Å². The van der Waals surface area contributed by atoms with Gasteiger partial charge in [-0.3, -0.25) is 9.59 Å². The van der Waals surface area contributed by atoms with Gasteiger partial charge in [-0.15, -0.1) is 0 Å². The molecule has 2 fully saturated rings. The highest BCUT2D eigenvalue weighted by molar-refractivity contribution is 7.89. The van der Waals surface area contributed by atoms with Crippen molar-refractivity contribution in [1.29, 1.82) is 0 Å². The smallest absolute Gasteiger partial charge is 0.276 e. The van der Waals surface area contributed by atoms with Crippen LogP contribution in [0.1, 0.15) is 62.0 Å². The number of rotatable bonds is 4. The average molecular weight is 437 g/mol. The summed E-state index contributed by atoms with van der Waals surface area (Å²) in [5.41, 5.74) is 1.66. The van der Waals surface area contributed by atoms with Crippen LogP contribution in [0.3, 0.4) is 0 Å². The second kappa shape index (κ2) is 8.42. The molecule has 0 radical (unpaired) electrons. The van der Waals surface area contributed by atoms with Gasteiger partial charge in [0.2, 0.25) is 15.9 Å². The number of likely N-dealkylation sites (tertiary alicyclic amines) is 1. The number of aromatic nitrogens is 2. The van der Waals surface area contributed by atoms with Crippen molar-refractivity contribution >= 4 is 15.9 Å². The van der Waals surface area contributed by atoms with E-state index >= 15 is 0 Å². The lowest BCUT2D eigenvalue weighted by Gasteiger charge is -2.38. The maximum Gasteiger partial charge on any atom is 0.276 e. The molecule has 0 N–H and O–H groups in total. The first-order valence-corrected chi connectivity index (χ1v) is 12.8. The number of nitrogens with zero attached hydrogens (tertiary/aromatic N) is 4. The van der Waals surface area contributed by atoms with Gasteiger partial charge in [0.1, 0.15) is 5.82 Å². The Balaban J connectivity index is 1.47. The lowest BCUT2D eigenvalue weighted by molar-refractivity contribution is -0.138. The fourth-order valence-corrected chi connectivity index (χ4v) is 6.43. The van der Waals surface area contributed by atoms with Gasteiger partial charge in [0, 0.05) is 62.2 Å². The zero-order valence-electron chi connectivity index (χ0n) is 18.0. The Hall–Kier alpha value is -1.74. The number of aryl methyl sites for hydroxylation is 1. The van der Waals surface area contributed by atoms with Crippen molar-refractivity contribution in [3.8, 4) is 0 Å². The quantitative estimate of drug-likeness (QED) is 0.709. The number of hydrogen-bond donors (Lipinski definition) is 0. The summed E-state index contributed by atoms with van der Waals surface area (Å²) < 4.78 is 27.9. The summed E-state index contributed by atoms with van der Waals surface area (Å²) in [7, 11) is -3.18. The van der Waals surface area contributed by atoms with E-state index in [0.717, 1.165) is 55.9 Å². The molecule has 0 bridgehead atoms. The number of piperidine rings is 2. The number of fused-ring (bicyclic) bond motifs is 1. The first-order valence-electron chi connectivity index (χ1n) is 11.2. The van der Waals surface area contributed by atoms with E-state index in [1.165, 1.54) is 4.31 Å². The van der Waals surface area contributed by atoms with Crippen LogP contribution in [0.5, 0.6) is 0 Å². The van der Waals surface area contributed by atoms with Crippen LogP contribution in [0.25, 0.3) is 0 Å². The van der Waals surface area contributed by atoms with Gasteiger partial charge in [-0.1, -0.05) is 0 Å². The Morgan fingerprint density at radius 1 is 1.10 bits per heavy atom. The maximum atomic E-state index is 13.2. The van der Waals surface area contributed by atoms with Crippen molar-refractivity contribution in [2.24, 2.45) is 5.92 Å². The van der Waals surface area contributed by atoms with E-state index in [1.807, 2.05) is 11.8 Å². The molecule has 1 aromatic rings. The molecule has 0 spiro atoms. The van der Waals surface area contributed by atoms with Crippen LogP contribution in [-0.4, -0.2) is 65.0 Å². The summed E-state index contributed by atoms with van der Waals surface area (Å²) in [5, 5.41) is 0. The van der Waals surface area contributed by atoms with Gasteiger partial charge in [0.15, 0.2) is 0 Å². The molecule has 0 aromatic carbocycles. The molecule has 0 unspecified atom stereocenters. The average Bonchev–Trinajstić information content (AvgIpc) is 3.22. The zero-order valence-corrected chi connectivity index (χ0v) is 18.8. The van der Waals surface area contributed by atoms with Gasteiger partial charge in [-0.05, 0) is 46.0 Å². The third-order valence-electron chi connectivity index (χ3n) is 7.00. The van der Waals surface area contributed by atoms with Gasteiger partial charge >= 0.3 is 0 Å². The molecule has 8 nitrogen and oxygen atoms in total. The Labute approximate surface area is 178 Å². The second-order valence-corrected chi connectivity index (χ2v) is 11.1. The largest absolute Gasteiger partial charge is 0.342 e. The first kappa shape index (κ1) is 21.5. The Kier molecular flexibility index (Phi) is 6.03. The predicted molar refractivity (Wildman–Crippen MR) is 114 cm³/mol. The molecule has 1 aromatic heterocycles. The van der Waals surface area contributed by atoms with E-state index in [0.29, 0.717) is 32.5 Å². The molecule has 3 aliphatic rings. The third-order valence-corrected chi connectivity index (χ3v) is 8.88. The highest BCUT2D eigenvalue weighted by Crippen LogP contribution is 2.32. The van der Waals surface area contributed by atoms with Gasteiger partial charge in [0.05, 0.1) is 5.75 Å². The standard InChI is InChI=1S/C21H32N4O4S/c1-3-30(28,29)24-12-8-16(9-13-24)21(27)23-10-4-6-17(14-23)19-15(2)20(26)22-18-7-5-11-25(18)19/h16-17H,3-14H2,1-2H3/t17-/m1/s1. The van der Waals surface area contributed by atoms with Gasteiger partial charge in [0.25, 0.3) is 5.56 Å². The SMILES string of the molecule is CCS(=O)(=O)N1CCC(C(=O)N2CCC[C@@H](c3c(C)c(=O)nc4n3CCC4)C2)CC1. The molecular weight excluding hydrogens is 404 g/mol. The van der Waals surface area contributed by atoms with Crippen LogP contribution >= 0.6 is 0 Å². The van der Waals surface area contributed by atoms with Crippen LogP contribution in [0, 0.1) is 12.8 Å². The molecule has 1 amide bonds. The number of carbonyl (C=O) groups excluding carboxylic acids is 1. The lowest BCUT2D eigenvalue weighted by atomic mass is 9.89. The topological polar surface area (TPSA) is 92.6 Å². The maximum absolute atomic E-state index is 13.2. The molecule has 1 atom stereocenters.